The zero-order valence-corrected chi connectivity index (χ0v) is 15.7. The van der Waals surface area contributed by atoms with Crippen molar-refractivity contribution >= 4 is 5.97 Å². The second-order valence-electron chi connectivity index (χ2n) is 8.61. The number of carbonyl (C=O) groups is 1. The van der Waals surface area contributed by atoms with Gasteiger partial charge in [-0.15, -0.1) is 0 Å². The quantitative estimate of drug-likeness (QED) is 0.378. The van der Waals surface area contributed by atoms with Gasteiger partial charge in [-0.2, -0.15) is 0 Å². The van der Waals surface area contributed by atoms with Crippen LogP contribution in [0.15, 0.2) is 23.8 Å². The molecule has 2 fully saturated rings. The first-order valence-corrected chi connectivity index (χ1v) is 9.15. The zero-order chi connectivity index (χ0) is 17.3. The Balaban J connectivity index is 2.13. The summed E-state index contributed by atoms with van der Waals surface area (Å²) in [7, 11) is 1.44. The second-order valence-corrected chi connectivity index (χ2v) is 8.61. The number of carbonyl (C=O) groups excluding carboxylic acids is 1. The fraction of sp³-hybridized carbons (Fsp3) is 0.762. The van der Waals surface area contributed by atoms with Crippen LogP contribution in [0.5, 0.6) is 0 Å². The van der Waals surface area contributed by atoms with Gasteiger partial charge in [-0.3, -0.25) is 0 Å². The van der Waals surface area contributed by atoms with Crippen molar-refractivity contribution in [2.45, 2.75) is 72.6 Å². The van der Waals surface area contributed by atoms with E-state index in [0.717, 1.165) is 24.3 Å². The van der Waals surface area contributed by atoms with Crippen LogP contribution in [0.2, 0.25) is 0 Å². The van der Waals surface area contributed by atoms with Crippen LogP contribution in [0.1, 0.15) is 72.6 Å². The van der Waals surface area contributed by atoms with Gasteiger partial charge in [0.05, 0.1) is 7.11 Å². The van der Waals surface area contributed by atoms with Crippen molar-refractivity contribution < 1.29 is 9.53 Å². The van der Waals surface area contributed by atoms with E-state index in [9.17, 15) is 4.79 Å². The lowest BCUT2D eigenvalue weighted by molar-refractivity contribution is -0.136. The van der Waals surface area contributed by atoms with Gasteiger partial charge in [0.25, 0.3) is 0 Å². The molecule has 2 rings (SSSR count). The van der Waals surface area contributed by atoms with Crippen LogP contribution >= 0.6 is 0 Å². The molecule has 0 radical (unpaired) electrons. The normalized spacial score (nSPS) is 34.0. The summed E-state index contributed by atoms with van der Waals surface area (Å²) in [4.78, 5) is 11.5. The molecule has 2 aliphatic rings. The maximum atomic E-state index is 11.5. The highest BCUT2D eigenvalue weighted by molar-refractivity contribution is 5.87. The summed E-state index contributed by atoms with van der Waals surface area (Å²) in [6, 6.07) is 0. The molecule has 0 aromatic rings. The monoisotopic (exact) mass is 318 g/mol. The third-order valence-electron chi connectivity index (χ3n) is 6.73. The van der Waals surface area contributed by atoms with Crippen LogP contribution in [0.3, 0.4) is 0 Å². The van der Waals surface area contributed by atoms with E-state index in [1.807, 2.05) is 13.0 Å². The van der Waals surface area contributed by atoms with Gasteiger partial charge in [0.1, 0.15) is 0 Å². The lowest BCUT2D eigenvalue weighted by atomic mass is 9.47. The Labute approximate surface area is 142 Å². The summed E-state index contributed by atoms with van der Waals surface area (Å²) in [5.74, 6) is 1.17. The molecule has 2 nitrogen and oxygen atoms in total. The molecule has 3 atom stereocenters. The molecule has 0 saturated heterocycles. The standard InChI is InChI=1S/C21H34O2/c1-15-11-12-18-20(3,4)13-8-14-21(18,5)17(15)10-7-9-16(2)19(22)23-6/h9,17-18H,1,7-8,10-14H2,2-6H3/b16-9+/t17-,18-,21+/m1/s1. The topological polar surface area (TPSA) is 26.3 Å². The highest BCUT2D eigenvalue weighted by Crippen LogP contribution is 2.61. The van der Waals surface area contributed by atoms with E-state index in [-0.39, 0.29) is 5.97 Å². The highest BCUT2D eigenvalue weighted by atomic mass is 16.5. The molecular weight excluding hydrogens is 284 g/mol. The largest absolute Gasteiger partial charge is 0.466 e. The van der Waals surface area contributed by atoms with E-state index in [1.54, 1.807) is 0 Å². The van der Waals surface area contributed by atoms with Gasteiger partial charge < -0.3 is 4.74 Å². The Morgan fingerprint density at radius 1 is 1.35 bits per heavy atom. The van der Waals surface area contributed by atoms with E-state index >= 15 is 0 Å². The Kier molecular flexibility index (Phi) is 5.43. The number of esters is 1. The van der Waals surface area contributed by atoms with Crippen molar-refractivity contribution in [2.75, 3.05) is 7.11 Å². The van der Waals surface area contributed by atoms with Crippen LogP contribution in [0.4, 0.5) is 0 Å². The summed E-state index contributed by atoms with van der Waals surface area (Å²) in [5.41, 5.74) is 2.98. The number of ether oxygens (including phenoxy) is 1. The molecule has 2 aliphatic carbocycles. The Hall–Kier alpha value is -1.05. The molecule has 0 amide bonds. The molecule has 0 unspecified atom stereocenters. The third-order valence-corrected chi connectivity index (χ3v) is 6.73. The molecule has 0 aromatic heterocycles. The van der Waals surface area contributed by atoms with Crippen LogP contribution in [0.25, 0.3) is 0 Å². The first-order chi connectivity index (χ1) is 10.7. The molecule has 0 spiro atoms. The molecule has 23 heavy (non-hydrogen) atoms. The third kappa shape index (κ3) is 3.56. The van der Waals surface area contributed by atoms with Crippen molar-refractivity contribution in [3.63, 3.8) is 0 Å². The molecule has 0 bridgehead atoms. The molecule has 2 saturated carbocycles. The van der Waals surface area contributed by atoms with Gasteiger partial charge in [0.2, 0.25) is 0 Å². The number of hydrogen-bond acceptors (Lipinski definition) is 2. The maximum Gasteiger partial charge on any atom is 0.333 e. The van der Waals surface area contributed by atoms with Crippen LogP contribution in [-0.2, 0) is 9.53 Å². The van der Waals surface area contributed by atoms with Gasteiger partial charge in [-0.1, -0.05) is 45.4 Å². The van der Waals surface area contributed by atoms with Crippen molar-refractivity contribution in [3.05, 3.63) is 23.8 Å². The predicted molar refractivity (Wildman–Crippen MR) is 96.1 cm³/mol. The van der Waals surface area contributed by atoms with Crippen molar-refractivity contribution in [1.82, 2.24) is 0 Å². The van der Waals surface area contributed by atoms with E-state index in [1.165, 1.54) is 44.8 Å². The average molecular weight is 319 g/mol. The van der Waals surface area contributed by atoms with E-state index in [2.05, 4.69) is 27.4 Å². The zero-order valence-electron chi connectivity index (χ0n) is 15.7. The fourth-order valence-corrected chi connectivity index (χ4v) is 5.52. The van der Waals surface area contributed by atoms with Crippen molar-refractivity contribution in [3.8, 4) is 0 Å². The molecule has 130 valence electrons. The number of methoxy groups -OCH3 is 1. The maximum absolute atomic E-state index is 11.5. The summed E-state index contributed by atoms with van der Waals surface area (Å²) in [6.45, 7) is 13.7. The van der Waals surface area contributed by atoms with Crippen LogP contribution in [-0.4, -0.2) is 13.1 Å². The number of fused-ring (bicyclic) bond motifs is 1. The smallest absolute Gasteiger partial charge is 0.333 e. The van der Waals surface area contributed by atoms with Crippen molar-refractivity contribution in [1.29, 1.82) is 0 Å². The molecule has 0 aliphatic heterocycles. The van der Waals surface area contributed by atoms with Crippen LogP contribution in [0, 0.1) is 22.7 Å². The first kappa shape index (κ1) is 18.3. The molecule has 0 N–H and O–H groups in total. The predicted octanol–water partition coefficient (Wildman–Crippen LogP) is 5.68. The Morgan fingerprint density at radius 3 is 2.70 bits per heavy atom. The first-order valence-electron chi connectivity index (χ1n) is 9.15. The van der Waals surface area contributed by atoms with E-state index < -0.39 is 0 Å². The van der Waals surface area contributed by atoms with Gasteiger partial charge in [-0.25, -0.2) is 4.79 Å². The lowest BCUT2D eigenvalue weighted by Gasteiger charge is -2.58. The summed E-state index contributed by atoms with van der Waals surface area (Å²) in [6.07, 6.45) is 10.6. The molecule has 2 heteroatoms. The highest BCUT2D eigenvalue weighted by Gasteiger charge is 2.52. The fourth-order valence-electron chi connectivity index (χ4n) is 5.52. The minimum absolute atomic E-state index is 0.213. The van der Waals surface area contributed by atoms with Gasteiger partial charge >= 0.3 is 5.97 Å². The van der Waals surface area contributed by atoms with E-state index in [0.29, 0.717) is 16.7 Å². The number of hydrogen-bond donors (Lipinski definition) is 0. The van der Waals surface area contributed by atoms with Gasteiger partial charge in [0, 0.05) is 5.57 Å². The number of allylic oxidation sites excluding steroid dienone is 2. The lowest BCUT2D eigenvalue weighted by Crippen LogP contribution is -2.49. The Bertz CT molecular complexity index is 500. The molecule has 0 aromatic carbocycles. The number of rotatable bonds is 4. The van der Waals surface area contributed by atoms with Gasteiger partial charge in [-0.05, 0) is 68.1 Å². The minimum atomic E-state index is -0.213. The summed E-state index contributed by atoms with van der Waals surface area (Å²) >= 11 is 0. The van der Waals surface area contributed by atoms with Crippen LogP contribution < -0.4 is 0 Å². The van der Waals surface area contributed by atoms with Crippen molar-refractivity contribution in [2.24, 2.45) is 22.7 Å². The SMILES string of the molecule is C=C1CC[C@@H]2C(C)(C)CCC[C@@]2(C)[C@@H]1CC/C=C(\C)C(=O)OC. The average Bonchev–Trinajstić information content (AvgIpc) is 2.48. The second kappa shape index (κ2) is 6.83. The molecular formula is C21H34O2. The Morgan fingerprint density at radius 2 is 2.04 bits per heavy atom. The summed E-state index contributed by atoms with van der Waals surface area (Å²) in [5, 5.41) is 0. The van der Waals surface area contributed by atoms with E-state index in [4.69, 9.17) is 4.74 Å². The summed E-state index contributed by atoms with van der Waals surface area (Å²) < 4.78 is 4.78. The minimum Gasteiger partial charge on any atom is -0.466 e. The van der Waals surface area contributed by atoms with Gasteiger partial charge in [0.15, 0.2) is 0 Å². The molecule has 0 heterocycles.